The van der Waals surface area contributed by atoms with Crippen LogP contribution in [0.5, 0.6) is 0 Å². The number of anilines is 1. The van der Waals surface area contributed by atoms with Crippen molar-refractivity contribution in [1.29, 1.82) is 0 Å². The summed E-state index contributed by atoms with van der Waals surface area (Å²) in [6, 6.07) is 22.2. The number of carbonyl (C=O) groups is 2. The Morgan fingerprint density at radius 3 is 2.10 bits per heavy atom. The van der Waals surface area contributed by atoms with Crippen LogP contribution in [0.2, 0.25) is 0 Å². The number of benzene rings is 3. The van der Waals surface area contributed by atoms with Gasteiger partial charge in [0.15, 0.2) is 0 Å². The van der Waals surface area contributed by atoms with Gasteiger partial charge in [0.05, 0.1) is 10.6 Å². The molecule has 7 nitrogen and oxygen atoms in total. The van der Waals surface area contributed by atoms with Crippen LogP contribution in [0.25, 0.3) is 0 Å². The average Bonchev–Trinajstić information content (AvgIpc) is 2.96. The summed E-state index contributed by atoms with van der Waals surface area (Å²) in [6.07, 6.45) is 1.94. The van der Waals surface area contributed by atoms with Crippen LogP contribution in [0.1, 0.15) is 57.2 Å². The van der Waals surface area contributed by atoms with Gasteiger partial charge in [0.25, 0.3) is 10.0 Å². The second kappa shape index (κ2) is 14.1. The number of nitrogens with one attached hydrogen (secondary N) is 1. The van der Waals surface area contributed by atoms with E-state index in [1.54, 1.807) is 30.3 Å². The number of amides is 2. The van der Waals surface area contributed by atoms with Gasteiger partial charge in [0.1, 0.15) is 12.6 Å². The van der Waals surface area contributed by atoms with Crippen molar-refractivity contribution in [3.8, 4) is 0 Å². The van der Waals surface area contributed by atoms with Crippen LogP contribution in [-0.4, -0.2) is 43.8 Å². The molecular weight excluding hydrogens is 522 g/mol. The molecule has 0 aromatic heterocycles. The third-order valence-corrected chi connectivity index (χ3v) is 8.85. The first-order valence-corrected chi connectivity index (χ1v) is 15.4. The average molecular weight is 564 g/mol. The van der Waals surface area contributed by atoms with Gasteiger partial charge >= 0.3 is 0 Å². The zero-order valence-corrected chi connectivity index (χ0v) is 24.9. The molecule has 0 heterocycles. The topological polar surface area (TPSA) is 86.8 Å². The normalized spacial score (nSPS) is 12.8. The Labute approximate surface area is 239 Å². The van der Waals surface area contributed by atoms with Gasteiger partial charge in [-0.25, -0.2) is 8.42 Å². The van der Waals surface area contributed by atoms with E-state index in [-0.39, 0.29) is 23.4 Å². The molecule has 3 rings (SSSR count). The molecule has 0 saturated heterocycles. The molecule has 0 unspecified atom stereocenters. The monoisotopic (exact) mass is 563 g/mol. The van der Waals surface area contributed by atoms with E-state index in [4.69, 9.17) is 0 Å². The van der Waals surface area contributed by atoms with Crippen LogP contribution in [-0.2, 0) is 32.6 Å². The van der Waals surface area contributed by atoms with E-state index in [9.17, 15) is 18.0 Å². The molecule has 3 aromatic rings. The highest BCUT2D eigenvalue weighted by molar-refractivity contribution is 7.92. The van der Waals surface area contributed by atoms with Gasteiger partial charge in [-0.05, 0) is 68.5 Å². The van der Waals surface area contributed by atoms with Crippen LogP contribution in [0.3, 0.4) is 0 Å². The maximum atomic E-state index is 14.1. The van der Waals surface area contributed by atoms with Crippen molar-refractivity contribution in [3.63, 3.8) is 0 Å². The third kappa shape index (κ3) is 7.72. The van der Waals surface area contributed by atoms with Crippen LogP contribution >= 0.6 is 0 Å². The summed E-state index contributed by atoms with van der Waals surface area (Å²) in [6.45, 7) is 9.50. The maximum Gasteiger partial charge on any atom is 0.264 e. The van der Waals surface area contributed by atoms with E-state index in [0.29, 0.717) is 12.1 Å². The van der Waals surface area contributed by atoms with Crippen molar-refractivity contribution in [2.75, 3.05) is 10.8 Å². The first kappa shape index (κ1) is 30.9. The molecule has 0 aliphatic rings. The van der Waals surface area contributed by atoms with Crippen LogP contribution < -0.4 is 9.62 Å². The Morgan fingerprint density at radius 1 is 0.850 bits per heavy atom. The highest BCUT2D eigenvalue weighted by Crippen LogP contribution is 2.25. The van der Waals surface area contributed by atoms with Crippen molar-refractivity contribution in [2.24, 2.45) is 0 Å². The van der Waals surface area contributed by atoms with Crippen molar-refractivity contribution >= 4 is 27.5 Å². The molecule has 0 fully saturated rings. The largest absolute Gasteiger partial charge is 0.352 e. The lowest BCUT2D eigenvalue weighted by Crippen LogP contribution is -2.53. The Bertz CT molecular complexity index is 1370. The molecule has 2 atom stereocenters. The number of aryl methyl sites for hydroxylation is 2. The summed E-state index contributed by atoms with van der Waals surface area (Å²) in [7, 11) is -4.07. The second-order valence-electron chi connectivity index (χ2n) is 10.1. The molecule has 0 bridgehead atoms. The molecule has 0 aliphatic heterocycles. The standard InChI is InChI=1S/C32H41N3O4S/c1-6-25(5)33-32(37)30(8-3)34(22-27-14-12-13-24(4)21-27)31(36)23-35(28-19-17-26(7-2)18-20-28)40(38,39)29-15-10-9-11-16-29/h9-21,25,30H,6-8,22-23H2,1-5H3,(H,33,37)/t25-,30+/m0/s1. The minimum absolute atomic E-state index is 0.0514. The summed E-state index contributed by atoms with van der Waals surface area (Å²) < 4.78 is 28.9. The number of carbonyl (C=O) groups excluding carboxylic acids is 2. The van der Waals surface area contributed by atoms with Crippen molar-refractivity contribution in [1.82, 2.24) is 10.2 Å². The van der Waals surface area contributed by atoms with Gasteiger partial charge < -0.3 is 10.2 Å². The Morgan fingerprint density at radius 2 is 1.52 bits per heavy atom. The highest BCUT2D eigenvalue weighted by atomic mass is 32.2. The molecule has 0 aliphatic carbocycles. The number of rotatable bonds is 13. The molecule has 3 aromatic carbocycles. The highest BCUT2D eigenvalue weighted by Gasteiger charge is 2.34. The zero-order chi connectivity index (χ0) is 29.3. The van der Waals surface area contributed by atoms with Gasteiger partial charge in [0, 0.05) is 12.6 Å². The van der Waals surface area contributed by atoms with E-state index in [2.05, 4.69) is 5.32 Å². The van der Waals surface area contributed by atoms with Crippen LogP contribution in [0, 0.1) is 6.92 Å². The SMILES string of the molecule is CCc1ccc(N(CC(=O)N(Cc2cccc(C)c2)[C@H](CC)C(=O)N[C@@H](C)CC)S(=O)(=O)c2ccccc2)cc1. The Kier molecular flexibility index (Phi) is 10.9. The van der Waals surface area contributed by atoms with Crippen LogP contribution in [0.4, 0.5) is 5.69 Å². The predicted octanol–water partition coefficient (Wildman–Crippen LogP) is 5.47. The molecule has 0 saturated carbocycles. The number of hydrogen-bond donors (Lipinski definition) is 1. The van der Waals surface area contributed by atoms with E-state index in [0.717, 1.165) is 33.8 Å². The summed E-state index contributed by atoms with van der Waals surface area (Å²) >= 11 is 0. The zero-order valence-electron chi connectivity index (χ0n) is 24.1. The summed E-state index contributed by atoms with van der Waals surface area (Å²) in [4.78, 5) is 29.1. The summed E-state index contributed by atoms with van der Waals surface area (Å²) in [5.41, 5.74) is 3.35. The van der Waals surface area contributed by atoms with Crippen molar-refractivity contribution in [2.45, 2.75) is 77.4 Å². The van der Waals surface area contributed by atoms with E-state index in [1.165, 1.54) is 17.0 Å². The first-order valence-electron chi connectivity index (χ1n) is 13.9. The molecular formula is C32H41N3O4S. The fraction of sp³-hybridized carbons (Fsp3) is 0.375. The lowest BCUT2D eigenvalue weighted by molar-refractivity contribution is -0.140. The summed E-state index contributed by atoms with van der Waals surface area (Å²) in [5.74, 6) is -0.700. The molecule has 8 heteroatoms. The minimum atomic E-state index is -4.07. The van der Waals surface area contributed by atoms with Gasteiger partial charge in [0.2, 0.25) is 11.8 Å². The van der Waals surface area contributed by atoms with E-state index >= 15 is 0 Å². The summed E-state index contributed by atoms with van der Waals surface area (Å²) in [5, 5.41) is 3.00. The first-order chi connectivity index (χ1) is 19.1. The quantitative estimate of drug-likeness (QED) is 0.299. The molecule has 0 radical (unpaired) electrons. The predicted molar refractivity (Wildman–Crippen MR) is 160 cm³/mol. The number of nitrogens with zero attached hydrogens (tertiary/aromatic N) is 2. The molecule has 2 amide bonds. The smallest absolute Gasteiger partial charge is 0.264 e. The van der Waals surface area contributed by atoms with Crippen molar-refractivity contribution < 1.29 is 18.0 Å². The molecule has 1 N–H and O–H groups in total. The fourth-order valence-electron chi connectivity index (χ4n) is 4.51. The molecule has 214 valence electrons. The van der Waals surface area contributed by atoms with Gasteiger partial charge in [-0.1, -0.05) is 80.9 Å². The van der Waals surface area contributed by atoms with Gasteiger partial charge in [-0.2, -0.15) is 0 Å². The van der Waals surface area contributed by atoms with Gasteiger partial charge in [-0.3, -0.25) is 13.9 Å². The lowest BCUT2D eigenvalue weighted by Gasteiger charge is -2.33. The Hall–Kier alpha value is -3.65. The third-order valence-electron chi connectivity index (χ3n) is 7.06. The fourth-order valence-corrected chi connectivity index (χ4v) is 5.95. The van der Waals surface area contributed by atoms with E-state index in [1.807, 2.05) is 71.0 Å². The van der Waals surface area contributed by atoms with E-state index < -0.39 is 28.5 Å². The van der Waals surface area contributed by atoms with Crippen LogP contribution in [0.15, 0.2) is 83.8 Å². The second-order valence-corrected chi connectivity index (χ2v) is 12.0. The van der Waals surface area contributed by atoms with Gasteiger partial charge in [-0.15, -0.1) is 0 Å². The Balaban J connectivity index is 2.05. The number of hydrogen-bond acceptors (Lipinski definition) is 4. The number of sulfonamides is 1. The lowest BCUT2D eigenvalue weighted by atomic mass is 10.1. The van der Waals surface area contributed by atoms with Crippen molar-refractivity contribution in [3.05, 3.63) is 95.6 Å². The molecule has 0 spiro atoms. The maximum absolute atomic E-state index is 14.1. The minimum Gasteiger partial charge on any atom is -0.352 e. The molecule has 40 heavy (non-hydrogen) atoms.